The first kappa shape index (κ1) is 15.3. The number of hydrogen-bond donors (Lipinski definition) is 0. The molecule has 1 heteroatoms. The number of thiophene rings is 1. The van der Waals surface area contributed by atoms with Crippen molar-refractivity contribution < 1.29 is 0 Å². The van der Waals surface area contributed by atoms with Crippen LogP contribution in [0.2, 0.25) is 0 Å². The van der Waals surface area contributed by atoms with Crippen LogP contribution in [0.1, 0.15) is 13.8 Å². The fourth-order valence-electron chi connectivity index (χ4n) is 2.06. The molecular formula is C20H20S. The van der Waals surface area contributed by atoms with Gasteiger partial charge in [0.15, 0.2) is 0 Å². The minimum Gasteiger partial charge on any atom is -0.135 e. The molecule has 1 aromatic heterocycles. The molecule has 0 aliphatic rings. The molecule has 0 amide bonds. The molecule has 0 fully saturated rings. The topological polar surface area (TPSA) is 0 Å². The molecule has 0 saturated heterocycles. The molecule has 1 heterocycles. The fraction of sp³-hybridized carbons (Fsp3) is 0.100. The van der Waals surface area contributed by atoms with E-state index in [2.05, 4.69) is 48.5 Å². The van der Waals surface area contributed by atoms with Gasteiger partial charge in [-0.05, 0) is 12.1 Å². The Kier molecular flexibility index (Phi) is 5.99. The average molecular weight is 292 g/mol. The first-order valence-electron chi connectivity index (χ1n) is 7.31. The third-order valence-electron chi connectivity index (χ3n) is 2.95. The van der Waals surface area contributed by atoms with Crippen molar-refractivity contribution in [1.82, 2.24) is 0 Å². The van der Waals surface area contributed by atoms with Crippen LogP contribution in [0.5, 0.6) is 0 Å². The SMILES string of the molecule is CC.c1ccc2c(c1)sc1ccccc12.c1ccccc1. The Hall–Kier alpha value is -2.12. The van der Waals surface area contributed by atoms with Crippen LogP contribution in [0.15, 0.2) is 84.9 Å². The molecule has 0 bridgehead atoms. The van der Waals surface area contributed by atoms with Gasteiger partial charge in [0, 0.05) is 20.2 Å². The molecule has 0 aliphatic heterocycles. The zero-order valence-corrected chi connectivity index (χ0v) is 13.3. The smallest absolute Gasteiger partial charge is 0.0355 e. The lowest BCUT2D eigenvalue weighted by molar-refractivity contribution is 1.50. The molecule has 4 rings (SSSR count). The molecule has 0 radical (unpaired) electrons. The van der Waals surface area contributed by atoms with Crippen molar-refractivity contribution in [3.05, 3.63) is 84.9 Å². The van der Waals surface area contributed by atoms with Gasteiger partial charge < -0.3 is 0 Å². The average Bonchev–Trinajstić information content (AvgIpc) is 2.97. The Bertz CT molecular complexity index is 692. The normalized spacial score (nSPS) is 9.43. The van der Waals surface area contributed by atoms with E-state index in [9.17, 15) is 0 Å². The second kappa shape index (κ2) is 8.23. The number of benzene rings is 3. The Morgan fingerprint density at radius 2 is 0.810 bits per heavy atom. The zero-order valence-electron chi connectivity index (χ0n) is 12.5. The van der Waals surface area contributed by atoms with Crippen molar-refractivity contribution in [2.24, 2.45) is 0 Å². The van der Waals surface area contributed by atoms with Crippen molar-refractivity contribution in [2.45, 2.75) is 13.8 Å². The molecule has 0 spiro atoms. The summed E-state index contributed by atoms with van der Waals surface area (Å²) in [6.07, 6.45) is 0. The first-order chi connectivity index (χ1) is 10.4. The highest BCUT2D eigenvalue weighted by molar-refractivity contribution is 7.25. The highest BCUT2D eigenvalue weighted by Gasteiger charge is 2.01. The van der Waals surface area contributed by atoms with Crippen LogP contribution >= 0.6 is 11.3 Å². The van der Waals surface area contributed by atoms with Crippen LogP contribution in [0.25, 0.3) is 20.2 Å². The maximum Gasteiger partial charge on any atom is 0.0355 e. The second-order valence-corrected chi connectivity index (χ2v) is 5.33. The fourth-order valence-corrected chi connectivity index (χ4v) is 3.17. The van der Waals surface area contributed by atoms with E-state index in [-0.39, 0.29) is 0 Å². The lowest BCUT2D eigenvalue weighted by Crippen LogP contribution is -1.62. The van der Waals surface area contributed by atoms with Gasteiger partial charge in [0.25, 0.3) is 0 Å². The van der Waals surface area contributed by atoms with Gasteiger partial charge in [-0.2, -0.15) is 0 Å². The van der Waals surface area contributed by atoms with Crippen molar-refractivity contribution in [3.63, 3.8) is 0 Å². The van der Waals surface area contributed by atoms with Crippen LogP contribution in [-0.4, -0.2) is 0 Å². The molecule has 0 atom stereocenters. The van der Waals surface area contributed by atoms with Gasteiger partial charge >= 0.3 is 0 Å². The highest BCUT2D eigenvalue weighted by Crippen LogP contribution is 2.32. The van der Waals surface area contributed by atoms with Gasteiger partial charge in [0.1, 0.15) is 0 Å². The molecule has 4 aromatic rings. The van der Waals surface area contributed by atoms with E-state index in [1.165, 1.54) is 20.2 Å². The minimum atomic E-state index is 1.38. The number of hydrogen-bond acceptors (Lipinski definition) is 1. The molecule has 0 nitrogen and oxygen atoms in total. The molecular weight excluding hydrogens is 272 g/mol. The standard InChI is InChI=1S/C12H8S.C6H6.C2H6/c1-3-7-11-9(5-1)10-6-2-4-8-12(10)13-11;1-2-4-6-5-3-1;1-2/h1-8H;1-6H;1-2H3. The Morgan fingerprint density at radius 1 is 0.476 bits per heavy atom. The molecule has 0 N–H and O–H groups in total. The summed E-state index contributed by atoms with van der Waals surface area (Å²) >= 11 is 1.86. The third-order valence-corrected chi connectivity index (χ3v) is 4.10. The van der Waals surface area contributed by atoms with Gasteiger partial charge in [0.2, 0.25) is 0 Å². The van der Waals surface area contributed by atoms with E-state index in [1.807, 2.05) is 61.6 Å². The summed E-state index contributed by atoms with van der Waals surface area (Å²) in [6.45, 7) is 4.00. The van der Waals surface area contributed by atoms with Crippen LogP contribution < -0.4 is 0 Å². The molecule has 0 aliphatic carbocycles. The van der Waals surface area contributed by atoms with E-state index in [1.54, 1.807) is 0 Å². The van der Waals surface area contributed by atoms with E-state index < -0.39 is 0 Å². The quantitative estimate of drug-likeness (QED) is 0.335. The molecule has 106 valence electrons. The van der Waals surface area contributed by atoms with Crippen LogP contribution in [-0.2, 0) is 0 Å². The van der Waals surface area contributed by atoms with E-state index >= 15 is 0 Å². The van der Waals surface area contributed by atoms with Gasteiger partial charge in [0.05, 0.1) is 0 Å². The van der Waals surface area contributed by atoms with E-state index in [0.717, 1.165) is 0 Å². The maximum atomic E-state index is 2.19. The Labute approximate surface area is 130 Å². The van der Waals surface area contributed by atoms with Crippen molar-refractivity contribution in [3.8, 4) is 0 Å². The van der Waals surface area contributed by atoms with Crippen molar-refractivity contribution in [1.29, 1.82) is 0 Å². The number of fused-ring (bicyclic) bond motifs is 3. The largest absolute Gasteiger partial charge is 0.135 e. The molecule has 0 unspecified atom stereocenters. The van der Waals surface area contributed by atoms with Crippen LogP contribution in [0, 0.1) is 0 Å². The van der Waals surface area contributed by atoms with Gasteiger partial charge in [-0.3, -0.25) is 0 Å². The summed E-state index contributed by atoms with van der Waals surface area (Å²) in [7, 11) is 0. The predicted octanol–water partition coefficient (Wildman–Crippen LogP) is 6.77. The molecule has 3 aromatic carbocycles. The predicted molar refractivity (Wildman–Crippen MR) is 97.1 cm³/mol. The molecule has 21 heavy (non-hydrogen) atoms. The highest BCUT2D eigenvalue weighted by atomic mass is 32.1. The summed E-state index contributed by atoms with van der Waals surface area (Å²) in [6, 6.07) is 29.1. The van der Waals surface area contributed by atoms with Gasteiger partial charge in [-0.25, -0.2) is 0 Å². The van der Waals surface area contributed by atoms with Crippen molar-refractivity contribution in [2.75, 3.05) is 0 Å². The Morgan fingerprint density at radius 3 is 1.19 bits per heavy atom. The summed E-state index contributed by atoms with van der Waals surface area (Å²) in [4.78, 5) is 0. The van der Waals surface area contributed by atoms with Crippen molar-refractivity contribution >= 4 is 31.5 Å². The van der Waals surface area contributed by atoms with E-state index in [4.69, 9.17) is 0 Å². The molecule has 0 saturated carbocycles. The minimum absolute atomic E-state index is 1.38. The van der Waals surface area contributed by atoms with Gasteiger partial charge in [-0.15, -0.1) is 11.3 Å². The summed E-state index contributed by atoms with van der Waals surface area (Å²) in [5.74, 6) is 0. The summed E-state index contributed by atoms with van der Waals surface area (Å²) < 4.78 is 2.76. The summed E-state index contributed by atoms with van der Waals surface area (Å²) in [5, 5.41) is 2.76. The maximum absolute atomic E-state index is 2.19. The Balaban J connectivity index is 0.000000171. The number of rotatable bonds is 0. The second-order valence-electron chi connectivity index (χ2n) is 4.25. The first-order valence-corrected chi connectivity index (χ1v) is 8.13. The van der Waals surface area contributed by atoms with Crippen LogP contribution in [0.4, 0.5) is 0 Å². The lowest BCUT2D eigenvalue weighted by Gasteiger charge is -1.88. The van der Waals surface area contributed by atoms with E-state index in [0.29, 0.717) is 0 Å². The van der Waals surface area contributed by atoms with Crippen LogP contribution in [0.3, 0.4) is 0 Å². The third kappa shape index (κ3) is 3.93. The lowest BCUT2D eigenvalue weighted by atomic mass is 10.2. The van der Waals surface area contributed by atoms with Gasteiger partial charge in [-0.1, -0.05) is 86.6 Å². The monoisotopic (exact) mass is 292 g/mol. The zero-order chi connectivity index (χ0) is 14.9. The summed E-state index contributed by atoms with van der Waals surface area (Å²) in [5.41, 5.74) is 0.